The zero-order valence-corrected chi connectivity index (χ0v) is 12.1. The van der Waals surface area contributed by atoms with E-state index in [1.807, 2.05) is 12.1 Å². The summed E-state index contributed by atoms with van der Waals surface area (Å²) >= 11 is 0. The molecule has 3 rings (SSSR count). The summed E-state index contributed by atoms with van der Waals surface area (Å²) in [6, 6.07) is 6.02. The first-order valence-corrected chi connectivity index (χ1v) is 7.44. The lowest BCUT2D eigenvalue weighted by atomic mass is 9.72. The number of methoxy groups -OCH3 is 1. The van der Waals surface area contributed by atoms with Crippen molar-refractivity contribution in [3.8, 4) is 11.5 Å². The lowest BCUT2D eigenvalue weighted by molar-refractivity contribution is 0.00627. The number of para-hydroxylation sites is 1. The highest BCUT2D eigenvalue weighted by Crippen LogP contribution is 2.46. The third-order valence-corrected chi connectivity index (χ3v) is 4.38. The molecule has 0 bridgehead atoms. The van der Waals surface area contributed by atoms with E-state index in [0.717, 1.165) is 49.4 Å². The predicted octanol–water partition coefficient (Wildman–Crippen LogP) is 2.59. The number of hydrogen-bond donors (Lipinski definition) is 1. The zero-order chi connectivity index (χ0) is 14.0. The topological polar surface area (TPSA) is 53.7 Å². The Morgan fingerprint density at radius 1 is 1.30 bits per heavy atom. The lowest BCUT2D eigenvalue weighted by Gasteiger charge is -2.39. The van der Waals surface area contributed by atoms with Gasteiger partial charge < -0.3 is 19.9 Å². The number of rotatable bonds is 4. The first-order valence-electron chi connectivity index (χ1n) is 7.44. The van der Waals surface area contributed by atoms with Gasteiger partial charge in [-0.3, -0.25) is 0 Å². The quantitative estimate of drug-likeness (QED) is 0.919. The molecule has 0 radical (unpaired) electrons. The molecule has 4 nitrogen and oxygen atoms in total. The van der Waals surface area contributed by atoms with Crippen molar-refractivity contribution in [2.75, 3.05) is 20.3 Å². The SMILES string of the molecule is COc1c(OC2CCCOC2)cccc1C1(N)CCC1. The molecule has 1 heterocycles. The van der Waals surface area contributed by atoms with Gasteiger partial charge in [-0.05, 0) is 38.2 Å². The van der Waals surface area contributed by atoms with E-state index in [9.17, 15) is 0 Å². The highest BCUT2D eigenvalue weighted by molar-refractivity contribution is 5.50. The van der Waals surface area contributed by atoms with Crippen LogP contribution in [0.2, 0.25) is 0 Å². The fourth-order valence-corrected chi connectivity index (χ4v) is 3.02. The first-order chi connectivity index (χ1) is 9.73. The third-order valence-electron chi connectivity index (χ3n) is 4.38. The second kappa shape index (κ2) is 5.62. The van der Waals surface area contributed by atoms with Crippen LogP contribution >= 0.6 is 0 Å². The fourth-order valence-electron chi connectivity index (χ4n) is 3.02. The predicted molar refractivity (Wildman–Crippen MR) is 77.2 cm³/mol. The van der Waals surface area contributed by atoms with E-state index in [-0.39, 0.29) is 11.6 Å². The highest BCUT2D eigenvalue weighted by Gasteiger charge is 2.37. The molecule has 1 saturated heterocycles. The second-order valence-electron chi connectivity index (χ2n) is 5.80. The van der Waals surface area contributed by atoms with Gasteiger partial charge in [0.25, 0.3) is 0 Å². The molecule has 2 fully saturated rings. The third kappa shape index (κ3) is 2.50. The molecular weight excluding hydrogens is 254 g/mol. The molecule has 20 heavy (non-hydrogen) atoms. The molecule has 1 aromatic carbocycles. The molecule has 1 aliphatic carbocycles. The van der Waals surface area contributed by atoms with E-state index in [0.29, 0.717) is 6.61 Å². The van der Waals surface area contributed by atoms with Crippen LogP contribution in [0.1, 0.15) is 37.7 Å². The monoisotopic (exact) mass is 277 g/mol. The van der Waals surface area contributed by atoms with Crippen molar-refractivity contribution in [3.63, 3.8) is 0 Å². The van der Waals surface area contributed by atoms with Crippen LogP contribution < -0.4 is 15.2 Å². The van der Waals surface area contributed by atoms with Crippen LogP contribution in [0.4, 0.5) is 0 Å². The van der Waals surface area contributed by atoms with Gasteiger partial charge in [-0.15, -0.1) is 0 Å². The molecule has 0 aromatic heterocycles. The van der Waals surface area contributed by atoms with Crippen LogP contribution in [0.25, 0.3) is 0 Å². The van der Waals surface area contributed by atoms with Gasteiger partial charge in [-0.2, -0.15) is 0 Å². The Morgan fingerprint density at radius 3 is 2.75 bits per heavy atom. The van der Waals surface area contributed by atoms with E-state index < -0.39 is 0 Å². The molecule has 1 aromatic rings. The van der Waals surface area contributed by atoms with Crippen molar-refractivity contribution in [2.24, 2.45) is 5.73 Å². The molecule has 0 spiro atoms. The summed E-state index contributed by atoms with van der Waals surface area (Å²) in [4.78, 5) is 0. The van der Waals surface area contributed by atoms with Crippen LogP contribution in [-0.2, 0) is 10.3 Å². The van der Waals surface area contributed by atoms with Crippen molar-refractivity contribution < 1.29 is 14.2 Å². The van der Waals surface area contributed by atoms with Crippen molar-refractivity contribution in [2.45, 2.75) is 43.7 Å². The summed E-state index contributed by atoms with van der Waals surface area (Å²) < 4.78 is 17.1. The fraction of sp³-hybridized carbons (Fsp3) is 0.625. The van der Waals surface area contributed by atoms with Gasteiger partial charge in [0.05, 0.1) is 13.7 Å². The number of benzene rings is 1. The number of ether oxygens (including phenoxy) is 3. The summed E-state index contributed by atoms with van der Waals surface area (Å²) in [5.41, 5.74) is 7.27. The van der Waals surface area contributed by atoms with Crippen molar-refractivity contribution >= 4 is 0 Å². The molecule has 2 aliphatic rings. The Hall–Kier alpha value is -1.26. The van der Waals surface area contributed by atoms with Gasteiger partial charge >= 0.3 is 0 Å². The van der Waals surface area contributed by atoms with E-state index in [1.54, 1.807) is 7.11 Å². The van der Waals surface area contributed by atoms with E-state index >= 15 is 0 Å². The van der Waals surface area contributed by atoms with Gasteiger partial charge in [-0.25, -0.2) is 0 Å². The molecule has 4 heteroatoms. The van der Waals surface area contributed by atoms with Crippen LogP contribution in [0, 0.1) is 0 Å². The van der Waals surface area contributed by atoms with Gasteiger partial charge in [0, 0.05) is 17.7 Å². The van der Waals surface area contributed by atoms with Crippen molar-refractivity contribution in [1.29, 1.82) is 0 Å². The summed E-state index contributed by atoms with van der Waals surface area (Å²) in [6.07, 6.45) is 5.40. The summed E-state index contributed by atoms with van der Waals surface area (Å²) in [7, 11) is 1.69. The van der Waals surface area contributed by atoms with Crippen molar-refractivity contribution in [3.05, 3.63) is 23.8 Å². The number of nitrogens with two attached hydrogens (primary N) is 1. The summed E-state index contributed by atoms with van der Waals surface area (Å²) in [6.45, 7) is 1.49. The minimum Gasteiger partial charge on any atom is -0.493 e. The molecule has 1 unspecified atom stereocenters. The normalized spacial score (nSPS) is 24.8. The molecule has 110 valence electrons. The van der Waals surface area contributed by atoms with E-state index in [4.69, 9.17) is 19.9 Å². The maximum absolute atomic E-state index is 6.44. The molecule has 0 amide bonds. The van der Waals surface area contributed by atoms with Gasteiger partial charge in [0.15, 0.2) is 11.5 Å². The van der Waals surface area contributed by atoms with Crippen LogP contribution in [0.15, 0.2) is 18.2 Å². The van der Waals surface area contributed by atoms with Crippen LogP contribution in [0.5, 0.6) is 11.5 Å². The first kappa shape index (κ1) is 13.7. The lowest BCUT2D eigenvalue weighted by Crippen LogP contribution is -2.43. The molecule has 1 aliphatic heterocycles. The van der Waals surface area contributed by atoms with Crippen LogP contribution in [0.3, 0.4) is 0 Å². The Bertz CT molecular complexity index is 465. The minimum absolute atomic E-state index is 0.114. The maximum Gasteiger partial charge on any atom is 0.165 e. The standard InChI is InChI=1S/C16H23NO3/c1-18-15-13(16(17)8-4-9-16)6-2-7-14(15)20-12-5-3-10-19-11-12/h2,6-7,12H,3-5,8-11,17H2,1H3. The summed E-state index contributed by atoms with van der Waals surface area (Å²) in [5, 5.41) is 0. The highest BCUT2D eigenvalue weighted by atomic mass is 16.5. The van der Waals surface area contributed by atoms with Gasteiger partial charge in [0.2, 0.25) is 0 Å². The van der Waals surface area contributed by atoms with E-state index in [2.05, 4.69) is 6.07 Å². The minimum atomic E-state index is -0.242. The van der Waals surface area contributed by atoms with Gasteiger partial charge in [0.1, 0.15) is 6.10 Å². The van der Waals surface area contributed by atoms with Gasteiger partial charge in [-0.1, -0.05) is 12.1 Å². The average molecular weight is 277 g/mol. The Kier molecular flexibility index (Phi) is 3.85. The average Bonchev–Trinajstić information content (AvgIpc) is 2.45. The Balaban J connectivity index is 1.84. The smallest absolute Gasteiger partial charge is 0.165 e. The van der Waals surface area contributed by atoms with E-state index in [1.165, 1.54) is 6.42 Å². The maximum atomic E-state index is 6.44. The second-order valence-corrected chi connectivity index (χ2v) is 5.80. The molecule has 1 saturated carbocycles. The Labute approximate surface area is 120 Å². The summed E-state index contributed by atoms with van der Waals surface area (Å²) in [5.74, 6) is 1.58. The molecular formula is C16H23NO3. The largest absolute Gasteiger partial charge is 0.493 e. The molecule has 2 N–H and O–H groups in total. The Morgan fingerprint density at radius 2 is 2.15 bits per heavy atom. The van der Waals surface area contributed by atoms with Crippen LogP contribution in [-0.4, -0.2) is 26.4 Å². The van der Waals surface area contributed by atoms with Crippen molar-refractivity contribution in [1.82, 2.24) is 0 Å². The zero-order valence-electron chi connectivity index (χ0n) is 12.1. The number of hydrogen-bond acceptors (Lipinski definition) is 4. The molecule has 1 atom stereocenters.